The summed E-state index contributed by atoms with van der Waals surface area (Å²) >= 11 is 0. The number of carbonyl (C=O) groups excluding carboxylic acids is 3. The van der Waals surface area contributed by atoms with Crippen molar-refractivity contribution < 1.29 is 28.3 Å². The molecule has 136 valence electrons. The van der Waals surface area contributed by atoms with Crippen LogP contribution in [0.3, 0.4) is 0 Å². The number of benzene rings is 1. The molecule has 2 heterocycles. The number of aromatic amines is 1. The van der Waals surface area contributed by atoms with Crippen LogP contribution in [-0.2, 0) is 27.9 Å². The maximum Gasteiger partial charge on any atom is 0.431 e. The molecule has 1 fully saturated rings. The SMILES string of the molecule is COC(=O)c1ccc(N2C(=O)CC(NCc3c(=O)o[nH][n+]3C)C2=O)cc1. The molecule has 2 aromatic rings. The van der Waals surface area contributed by atoms with E-state index in [4.69, 9.17) is 0 Å². The average molecular weight is 361 g/mol. The second-order valence-electron chi connectivity index (χ2n) is 5.73. The first-order valence-corrected chi connectivity index (χ1v) is 7.77. The minimum absolute atomic E-state index is 0.0307. The largest absolute Gasteiger partial charge is 0.465 e. The lowest BCUT2D eigenvalue weighted by Gasteiger charge is -2.15. The molecule has 1 saturated heterocycles. The van der Waals surface area contributed by atoms with Gasteiger partial charge in [-0.05, 0) is 29.5 Å². The first-order valence-electron chi connectivity index (χ1n) is 7.77. The van der Waals surface area contributed by atoms with Crippen LogP contribution in [0.4, 0.5) is 5.69 Å². The molecular formula is C16H17N4O6+. The number of nitrogens with one attached hydrogen (secondary N) is 2. The van der Waals surface area contributed by atoms with Crippen LogP contribution in [-0.4, -0.2) is 36.2 Å². The first-order chi connectivity index (χ1) is 12.4. The Labute approximate surface area is 147 Å². The lowest BCUT2D eigenvalue weighted by atomic mass is 10.2. The van der Waals surface area contributed by atoms with Crippen LogP contribution in [0.2, 0.25) is 0 Å². The highest BCUT2D eigenvalue weighted by atomic mass is 16.5. The van der Waals surface area contributed by atoms with Gasteiger partial charge in [0.15, 0.2) is 7.05 Å². The summed E-state index contributed by atoms with van der Waals surface area (Å²) in [5.41, 5.74) is 0.429. The molecule has 0 spiro atoms. The Morgan fingerprint density at radius 3 is 2.62 bits per heavy atom. The lowest BCUT2D eigenvalue weighted by molar-refractivity contribution is -0.746. The third-order valence-electron chi connectivity index (χ3n) is 4.12. The predicted octanol–water partition coefficient (Wildman–Crippen LogP) is -0.999. The van der Waals surface area contributed by atoms with Crippen LogP contribution >= 0.6 is 0 Å². The third kappa shape index (κ3) is 3.14. The van der Waals surface area contributed by atoms with E-state index >= 15 is 0 Å². The van der Waals surface area contributed by atoms with E-state index in [1.807, 2.05) is 0 Å². The molecule has 3 rings (SSSR count). The molecule has 0 saturated carbocycles. The van der Waals surface area contributed by atoms with Crippen LogP contribution in [0.15, 0.2) is 33.6 Å². The molecule has 1 aromatic carbocycles. The number of H-pyrrole nitrogens is 1. The minimum atomic E-state index is -0.753. The van der Waals surface area contributed by atoms with Gasteiger partial charge in [0, 0.05) is 0 Å². The number of aryl methyl sites for hydroxylation is 1. The van der Waals surface area contributed by atoms with Crippen LogP contribution in [0.1, 0.15) is 22.5 Å². The first kappa shape index (κ1) is 17.5. The van der Waals surface area contributed by atoms with Crippen molar-refractivity contribution in [2.24, 2.45) is 7.05 Å². The quantitative estimate of drug-likeness (QED) is 0.397. The molecule has 26 heavy (non-hydrogen) atoms. The number of rotatable bonds is 5. The van der Waals surface area contributed by atoms with E-state index in [-0.39, 0.29) is 18.9 Å². The lowest BCUT2D eigenvalue weighted by Crippen LogP contribution is -2.43. The Kier molecular flexibility index (Phi) is 4.67. The van der Waals surface area contributed by atoms with Crippen molar-refractivity contribution in [3.63, 3.8) is 0 Å². The van der Waals surface area contributed by atoms with E-state index in [2.05, 4.69) is 19.8 Å². The molecule has 2 amide bonds. The Hall–Kier alpha value is -3.27. The van der Waals surface area contributed by atoms with Crippen molar-refractivity contribution in [1.29, 1.82) is 0 Å². The predicted molar refractivity (Wildman–Crippen MR) is 86.0 cm³/mol. The molecule has 0 aliphatic carbocycles. The summed E-state index contributed by atoms with van der Waals surface area (Å²) in [6.07, 6.45) is -0.0307. The number of methoxy groups -OCH3 is 1. The summed E-state index contributed by atoms with van der Waals surface area (Å²) < 4.78 is 10.6. The van der Waals surface area contributed by atoms with Gasteiger partial charge < -0.3 is 4.74 Å². The minimum Gasteiger partial charge on any atom is -0.465 e. The van der Waals surface area contributed by atoms with Gasteiger partial charge in [-0.15, -0.1) is 0 Å². The highest BCUT2D eigenvalue weighted by Crippen LogP contribution is 2.23. The smallest absolute Gasteiger partial charge is 0.431 e. The van der Waals surface area contributed by atoms with Crippen molar-refractivity contribution in [2.75, 3.05) is 12.0 Å². The summed E-state index contributed by atoms with van der Waals surface area (Å²) in [6, 6.07) is 5.22. The molecule has 10 heteroatoms. The van der Waals surface area contributed by atoms with Gasteiger partial charge >= 0.3 is 17.3 Å². The van der Waals surface area contributed by atoms with Crippen molar-refractivity contribution in [3.8, 4) is 0 Å². The second kappa shape index (κ2) is 6.92. The number of hydrogen-bond acceptors (Lipinski definition) is 7. The monoisotopic (exact) mass is 361 g/mol. The molecule has 2 N–H and O–H groups in total. The summed E-state index contributed by atoms with van der Waals surface area (Å²) in [5, 5.41) is 5.27. The molecule has 1 aliphatic rings. The number of imide groups is 1. The number of esters is 1. The Morgan fingerprint density at radius 2 is 2.04 bits per heavy atom. The van der Waals surface area contributed by atoms with Gasteiger partial charge in [-0.3, -0.25) is 19.4 Å². The van der Waals surface area contributed by atoms with Crippen molar-refractivity contribution in [3.05, 3.63) is 45.9 Å². The highest BCUT2D eigenvalue weighted by Gasteiger charge is 2.40. The van der Waals surface area contributed by atoms with Crippen molar-refractivity contribution in [1.82, 2.24) is 10.6 Å². The summed E-state index contributed by atoms with van der Waals surface area (Å²) in [4.78, 5) is 48.8. The maximum absolute atomic E-state index is 12.6. The molecule has 0 radical (unpaired) electrons. The number of aromatic nitrogens is 2. The van der Waals surface area contributed by atoms with Gasteiger partial charge in [-0.25, -0.2) is 14.5 Å². The van der Waals surface area contributed by atoms with E-state index in [1.165, 1.54) is 36.1 Å². The van der Waals surface area contributed by atoms with Gasteiger partial charge in [0.1, 0.15) is 0 Å². The Balaban J connectivity index is 1.72. The molecule has 10 nitrogen and oxygen atoms in total. The van der Waals surface area contributed by atoms with E-state index in [0.29, 0.717) is 16.9 Å². The Bertz CT molecular complexity index is 914. The number of carbonyl (C=O) groups is 3. The van der Waals surface area contributed by atoms with Crippen molar-refractivity contribution in [2.45, 2.75) is 19.0 Å². The molecule has 1 aromatic heterocycles. The van der Waals surface area contributed by atoms with Gasteiger partial charge in [-0.2, -0.15) is 0 Å². The molecule has 1 atom stereocenters. The number of amides is 2. The van der Waals surface area contributed by atoms with Crippen LogP contribution in [0.25, 0.3) is 0 Å². The van der Waals surface area contributed by atoms with Crippen LogP contribution in [0, 0.1) is 0 Å². The zero-order chi connectivity index (χ0) is 18.8. The topological polar surface area (TPSA) is 126 Å². The van der Waals surface area contributed by atoms with Gasteiger partial charge in [0.05, 0.1) is 37.4 Å². The highest BCUT2D eigenvalue weighted by molar-refractivity contribution is 6.22. The van der Waals surface area contributed by atoms with E-state index in [9.17, 15) is 19.2 Å². The molecule has 0 bridgehead atoms. The average Bonchev–Trinajstić information content (AvgIpc) is 3.11. The fourth-order valence-electron chi connectivity index (χ4n) is 2.70. The Morgan fingerprint density at radius 1 is 1.35 bits per heavy atom. The molecular weight excluding hydrogens is 344 g/mol. The van der Waals surface area contributed by atoms with Crippen LogP contribution in [0.5, 0.6) is 0 Å². The standard InChI is InChI=1S/C16H16N4O6/c1-19-12(16(24)26-18-19)8-17-11-7-13(21)20(14(11)22)10-5-3-9(4-6-10)15(23)25-2/h3-6,11,17H,7-8H2,1-2H3/p+1. The summed E-state index contributed by atoms with van der Waals surface area (Å²) in [6.45, 7) is 0.0706. The van der Waals surface area contributed by atoms with E-state index in [0.717, 1.165) is 4.90 Å². The summed E-state index contributed by atoms with van der Waals surface area (Å²) in [7, 11) is 2.86. The van der Waals surface area contributed by atoms with Crippen molar-refractivity contribution >= 4 is 23.5 Å². The zero-order valence-electron chi connectivity index (χ0n) is 14.1. The second-order valence-corrected chi connectivity index (χ2v) is 5.73. The maximum atomic E-state index is 12.6. The van der Waals surface area contributed by atoms with Gasteiger partial charge in [0.25, 0.3) is 5.91 Å². The van der Waals surface area contributed by atoms with Crippen LogP contribution < -0.4 is 20.5 Å². The fourth-order valence-corrected chi connectivity index (χ4v) is 2.70. The number of nitrogens with zero attached hydrogens (tertiary/aromatic N) is 2. The molecule has 1 aliphatic heterocycles. The zero-order valence-corrected chi connectivity index (χ0v) is 14.1. The number of hydrogen-bond donors (Lipinski definition) is 2. The summed E-state index contributed by atoms with van der Waals surface area (Å²) in [5.74, 6) is -1.31. The fraction of sp³-hybridized carbons (Fsp3) is 0.312. The van der Waals surface area contributed by atoms with E-state index < -0.39 is 23.5 Å². The molecule has 1 unspecified atom stereocenters. The van der Waals surface area contributed by atoms with Gasteiger partial charge in [-0.1, -0.05) is 4.68 Å². The third-order valence-corrected chi connectivity index (χ3v) is 4.12. The number of ether oxygens (including phenoxy) is 1. The normalized spacial score (nSPS) is 17.0. The number of anilines is 1. The van der Waals surface area contributed by atoms with Gasteiger partial charge in [0.2, 0.25) is 5.91 Å². The van der Waals surface area contributed by atoms with E-state index in [1.54, 1.807) is 7.05 Å².